The monoisotopic (exact) mass is 187 g/mol. The van der Waals surface area contributed by atoms with Crippen LogP contribution < -0.4 is 0 Å². The molecule has 0 aliphatic carbocycles. The van der Waals surface area contributed by atoms with E-state index >= 15 is 0 Å². The van der Waals surface area contributed by atoms with Crippen LogP contribution in [-0.2, 0) is 9.53 Å². The van der Waals surface area contributed by atoms with Crippen molar-refractivity contribution in [2.45, 2.75) is 26.2 Å². The van der Waals surface area contributed by atoms with E-state index in [1.165, 1.54) is 11.8 Å². The molecule has 0 amide bonds. The molecular weight excluding hydrogens is 174 g/mol. The van der Waals surface area contributed by atoms with E-state index < -0.39 is 0 Å². The summed E-state index contributed by atoms with van der Waals surface area (Å²) in [7, 11) is 0. The zero-order valence-electron chi connectivity index (χ0n) is 7.21. The number of carbonyl (C=O) groups is 1. The lowest BCUT2D eigenvalue weighted by atomic mass is 10.2. The maximum Gasteiger partial charge on any atom is 0.305 e. The summed E-state index contributed by atoms with van der Waals surface area (Å²) in [6, 6.07) is 0. The number of nitrogens with zero attached hydrogens (tertiary/aromatic N) is 1. The van der Waals surface area contributed by atoms with Crippen LogP contribution >= 0.6 is 11.8 Å². The Morgan fingerprint density at radius 3 is 2.92 bits per heavy atom. The largest absolute Gasteiger partial charge is 0.466 e. The Morgan fingerprint density at radius 2 is 2.33 bits per heavy atom. The smallest absolute Gasteiger partial charge is 0.305 e. The van der Waals surface area contributed by atoms with Crippen molar-refractivity contribution in [1.29, 1.82) is 5.26 Å². The van der Waals surface area contributed by atoms with Gasteiger partial charge in [0, 0.05) is 12.2 Å². The molecule has 0 aromatic carbocycles. The van der Waals surface area contributed by atoms with Gasteiger partial charge in [-0.1, -0.05) is 0 Å². The molecule has 0 saturated carbocycles. The van der Waals surface area contributed by atoms with Crippen molar-refractivity contribution < 1.29 is 9.53 Å². The van der Waals surface area contributed by atoms with Crippen LogP contribution in [0.2, 0.25) is 0 Å². The van der Waals surface area contributed by atoms with Crippen LogP contribution in [0, 0.1) is 10.7 Å². The first-order valence-electron chi connectivity index (χ1n) is 3.97. The van der Waals surface area contributed by atoms with Crippen molar-refractivity contribution in [2.75, 3.05) is 12.4 Å². The number of ether oxygens (including phenoxy) is 1. The van der Waals surface area contributed by atoms with Gasteiger partial charge >= 0.3 is 5.97 Å². The number of hydrogen-bond donors (Lipinski definition) is 0. The van der Waals surface area contributed by atoms with E-state index in [1.54, 1.807) is 6.92 Å². The minimum Gasteiger partial charge on any atom is -0.466 e. The summed E-state index contributed by atoms with van der Waals surface area (Å²) < 4.78 is 4.74. The van der Waals surface area contributed by atoms with Crippen molar-refractivity contribution in [2.24, 2.45) is 0 Å². The highest BCUT2D eigenvalue weighted by atomic mass is 32.2. The van der Waals surface area contributed by atoms with E-state index in [9.17, 15) is 4.79 Å². The fourth-order valence-corrected chi connectivity index (χ4v) is 1.16. The molecule has 0 radical (unpaired) electrons. The Kier molecular flexibility index (Phi) is 7.92. The molecule has 0 bridgehead atoms. The first-order chi connectivity index (χ1) is 5.81. The van der Waals surface area contributed by atoms with E-state index in [4.69, 9.17) is 10.00 Å². The molecule has 0 aliphatic rings. The second kappa shape index (κ2) is 8.41. The van der Waals surface area contributed by atoms with Gasteiger partial charge < -0.3 is 4.74 Å². The van der Waals surface area contributed by atoms with Gasteiger partial charge in [0.1, 0.15) is 5.40 Å². The highest BCUT2D eigenvalue weighted by Gasteiger charge is 1.99. The zero-order valence-corrected chi connectivity index (χ0v) is 8.02. The van der Waals surface area contributed by atoms with Crippen LogP contribution in [0.1, 0.15) is 26.2 Å². The molecule has 12 heavy (non-hydrogen) atoms. The number of esters is 1. The number of rotatable bonds is 6. The van der Waals surface area contributed by atoms with E-state index in [0.29, 0.717) is 13.0 Å². The van der Waals surface area contributed by atoms with Crippen LogP contribution in [0.15, 0.2) is 0 Å². The topological polar surface area (TPSA) is 50.1 Å². The summed E-state index contributed by atoms with van der Waals surface area (Å²) in [5.41, 5.74) is 0. The van der Waals surface area contributed by atoms with Gasteiger partial charge in [-0.05, 0) is 31.5 Å². The predicted octanol–water partition coefficient (Wildman–Crippen LogP) is 1.93. The molecule has 0 unspecified atom stereocenters. The molecule has 0 fully saturated rings. The maximum atomic E-state index is 10.8. The molecule has 0 spiro atoms. The Bertz CT molecular complexity index is 165. The van der Waals surface area contributed by atoms with Crippen LogP contribution in [0.25, 0.3) is 0 Å². The van der Waals surface area contributed by atoms with Gasteiger partial charge in [-0.2, -0.15) is 5.26 Å². The van der Waals surface area contributed by atoms with E-state index in [0.717, 1.165) is 18.6 Å². The number of thiocyanates is 1. The van der Waals surface area contributed by atoms with E-state index in [-0.39, 0.29) is 5.97 Å². The maximum absolute atomic E-state index is 10.8. The van der Waals surface area contributed by atoms with Gasteiger partial charge in [-0.3, -0.25) is 4.79 Å². The Morgan fingerprint density at radius 1 is 1.58 bits per heavy atom. The van der Waals surface area contributed by atoms with Crippen molar-refractivity contribution >= 4 is 17.7 Å². The Hall–Kier alpha value is -0.690. The first-order valence-corrected chi connectivity index (χ1v) is 4.96. The second-order valence-corrected chi connectivity index (χ2v) is 3.08. The van der Waals surface area contributed by atoms with Gasteiger partial charge in [0.25, 0.3) is 0 Å². The van der Waals surface area contributed by atoms with Crippen LogP contribution in [0.5, 0.6) is 0 Å². The highest BCUT2D eigenvalue weighted by Crippen LogP contribution is 2.04. The summed E-state index contributed by atoms with van der Waals surface area (Å²) in [5, 5.41) is 10.2. The predicted molar refractivity (Wildman–Crippen MR) is 48.6 cm³/mol. The number of carbonyl (C=O) groups excluding carboxylic acids is 1. The molecular formula is C8H13NO2S. The third-order valence-corrected chi connectivity index (χ3v) is 1.87. The average molecular weight is 187 g/mol. The Balaban J connectivity index is 3.09. The molecule has 4 heteroatoms. The van der Waals surface area contributed by atoms with Gasteiger partial charge in [-0.25, -0.2) is 0 Å². The molecule has 3 nitrogen and oxygen atoms in total. The van der Waals surface area contributed by atoms with Crippen molar-refractivity contribution in [1.82, 2.24) is 0 Å². The summed E-state index contributed by atoms with van der Waals surface area (Å²) in [5.74, 6) is 0.662. The summed E-state index contributed by atoms with van der Waals surface area (Å²) in [6.07, 6.45) is 2.18. The molecule has 0 aromatic heterocycles. The van der Waals surface area contributed by atoms with E-state index in [2.05, 4.69) is 0 Å². The number of hydrogen-bond acceptors (Lipinski definition) is 4. The van der Waals surface area contributed by atoms with Gasteiger partial charge in [0.2, 0.25) is 0 Å². The standard InChI is InChI=1S/C8H13NO2S/c1-2-11-8(10)5-3-4-6-12-7-9/h2-6H2,1H3. The lowest BCUT2D eigenvalue weighted by molar-refractivity contribution is -0.143. The average Bonchev–Trinajstić information content (AvgIpc) is 2.05. The van der Waals surface area contributed by atoms with E-state index in [1.807, 2.05) is 5.40 Å². The van der Waals surface area contributed by atoms with Crippen molar-refractivity contribution in [3.05, 3.63) is 0 Å². The SMILES string of the molecule is CCOC(=O)CCCCSC#N. The molecule has 0 aromatic rings. The minimum atomic E-state index is -0.139. The second-order valence-electron chi connectivity index (χ2n) is 2.20. The summed E-state index contributed by atoms with van der Waals surface area (Å²) in [4.78, 5) is 10.8. The highest BCUT2D eigenvalue weighted by molar-refractivity contribution is 8.03. The number of nitriles is 1. The molecule has 0 atom stereocenters. The van der Waals surface area contributed by atoms with Gasteiger partial charge in [0.15, 0.2) is 0 Å². The molecule has 0 N–H and O–H groups in total. The van der Waals surface area contributed by atoms with Gasteiger partial charge in [0.05, 0.1) is 6.61 Å². The third-order valence-electron chi connectivity index (χ3n) is 1.25. The summed E-state index contributed by atoms with van der Waals surface area (Å²) >= 11 is 1.23. The summed E-state index contributed by atoms with van der Waals surface area (Å²) in [6.45, 7) is 2.25. The molecule has 0 heterocycles. The molecule has 0 aliphatic heterocycles. The lowest BCUT2D eigenvalue weighted by Crippen LogP contribution is -2.03. The van der Waals surface area contributed by atoms with Crippen LogP contribution in [-0.4, -0.2) is 18.3 Å². The van der Waals surface area contributed by atoms with Crippen LogP contribution in [0.3, 0.4) is 0 Å². The van der Waals surface area contributed by atoms with Crippen molar-refractivity contribution in [3.8, 4) is 5.40 Å². The molecule has 0 rings (SSSR count). The van der Waals surface area contributed by atoms with Crippen LogP contribution in [0.4, 0.5) is 0 Å². The lowest BCUT2D eigenvalue weighted by Gasteiger charge is -1.99. The number of thioether (sulfide) groups is 1. The zero-order chi connectivity index (χ0) is 9.23. The fourth-order valence-electron chi connectivity index (χ4n) is 0.722. The molecule has 0 saturated heterocycles. The Labute approximate surface area is 77.1 Å². The molecule has 68 valence electrons. The first kappa shape index (κ1) is 11.3. The van der Waals surface area contributed by atoms with Crippen molar-refractivity contribution in [3.63, 3.8) is 0 Å². The number of unbranched alkanes of at least 4 members (excludes halogenated alkanes) is 1. The minimum absolute atomic E-state index is 0.139. The third kappa shape index (κ3) is 7.42. The fraction of sp³-hybridized carbons (Fsp3) is 0.750. The van der Waals surface area contributed by atoms with Gasteiger partial charge in [-0.15, -0.1) is 0 Å². The normalized spacial score (nSPS) is 9.00. The quantitative estimate of drug-likeness (QED) is 0.362.